The van der Waals surface area contributed by atoms with Gasteiger partial charge in [0.05, 0.1) is 22.2 Å². The quantitative estimate of drug-likeness (QED) is 0.0293. The molecule has 0 saturated heterocycles. The van der Waals surface area contributed by atoms with Crippen LogP contribution < -0.4 is 25.4 Å². The van der Waals surface area contributed by atoms with Gasteiger partial charge < -0.3 is 24.8 Å². The summed E-state index contributed by atoms with van der Waals surface area (Å²) >= 11 is 0. The molecule has 81 heavy (non-hydrogen) atoms. The number of carbonyl (C=O) groups excluding carboxylic acids is 2. The van der Waals surface area contributed by atoms with E-state index in [0.29, 0.717) is 35.7 Å². The third-order valence-electron chi connectivity index (χ3n) is 15.2. The molecule has 10 aromatic carbocycles. The van der Waals surface area contributed by atoms with Gasteiger partial charge in [0.25, 0.3) is 0 Å². The molecule has 2 heterocycles. The zero-order valence-electron chi connectivity index (χ0n) is 44.5. The van der Waals surface area contributed by atoms with Crippen LogP contribution in [0.1, 0.15) is 65.2 Å². The first-order valence-electron chi connectivity index (χ1n) is 27.4. The lowest BCUT2D eigenvalue weighted by Crippen LogP contribution is -2.45. The lowest BCUT2D eigenvalue weighted by molar-refractivity contribution is 0.0725. The summed E-state index contributed by atoms with van der Waals surface area (Å²) in [5, 5.41) is 13.3. The van der Waals surface area contributed by atoms with E-state index in [9.17, 15) is 9.59 Å². The summed E-state index contributed by atoms with van der Waals surface area (Å²) in [6.07, 6.45) is 5.52. The van der Waals surface area contributed by atoms with E-state index in [1.807, 2.05) is 109 Å². The number of hydrogen-bond acceptors (Lipinski definition) is 7. The standard InChI is InChI=1S/C72H59N5O4/c78-69(80-63-39-41-67-65(47-63)53(49-73-67)43-45-75-71(55-19-7-1-8-20-55,56-21-9-2-10-22-56)57-23-11-3-12-24-57)51-31-35-61(36-32-51)77-62-37-33-52(34-38-62)70(79)81-64-40-42-68-66(48-64)54(50-74-68)44-46-76-72(58-25-13-4-14-26-58,59-27-15-5-16-28-59)60-29-17-6-18-30-60/h1-42,47-50,73-77H,43-46H2. The molecule has 0 atom stereocenters. The molecule has 0 bridgehead atoms. The van der Waals surface area contributed by atoms with E-state index in [1.54, 1.807) is 24.3 Å². The first kappa shape index (κ1) is 51.7. The molecule has 0 aliphatic heterocycles. The molecular weight excluding hydrogens is 999 g/mol. The van der Waals surface area contributed by atoms with Crippen molar-refractivity contribution in [2.75, 3.05) is 18.4 Å². The first-order valence-corrected chi connectivity index (χ1v) is 27.4. The molecule has 0 unspecified atom stereocenters. The average Bonchev–Trinajstić information content (AvgIpc) is 4.26. The predicted molar refractivity (Wildman–Crippen MR) is 325 cm³/mol. The number of hydrogen-bond donors (Lipinski definition) is 5. The molecule has 2 aromatic heterocycles. The van der Waals surface area contributed by atoms with Gasteiger partial charge in [0.1, 0.15) is 11.5 Å². The summed E-state index contributed by atoms with van der Waals surface area (Å²) in [6, 6.07) is 89.1. The van der Waals surface area contributed by atoms with Gasteiger partial charge >= 0.3 is 11.9 Å². The summed E-state index contributed by atoms with van der Waals surface area (Å²) in [4.78, 5) is 33.9. The Kier molecular flexibility index (Phi) is 15.0. The van der Waals surface area contributed by atoms with E-state index in [1.165, 1.54) is 0 Å². The Morgan fingerprint density at radius 1 is 0.358 bits per heavy atom. The Labute approximate surface area is 471 Å². The Hall–Kier alpha value is -10.1. The molecule has 0 radical (unpaired) electrons. The molecule has 0 spiro atoms. The maximum Gasteiger partial charge on any atom is 0.343 e. The van der Waals surface area contributed by atoms with Crippen LogP contribution in [-0.2, 0) is 23.9 Å². The number of carbonyl (C=O) groups is 2. The number of ether oxygens (including phenoxy) is 2. The number of rotatable bonds is 20. The van der Waals surface area contributed by atoms with Gasteiger partial charge in [-0.15, -0.1) is 0 Å². The first-order chi connectivity index (χ1) is 39.9. The van der Waals surface area contributed by atoms with E-state index in [0.717, 1.165) is 90.5 Å². The highest BCUT2D eigenvalue weighted by Crippen LogP contribution is 2.39. The van der Waals surface area contributed by atoms with Crippen molar-refractivity contribution in [2.24, 2.45) is 0 Å². The number of anilines is 2. The van der Waals surface area contributed by atoms with Crippen LogP contribution >= 0.6 is 0 Å². The van der Waals surface area contributed by atoms with Crippen molar-refractivity contribution in [3.63, 3.8) is 0 Å². The molecule has 9 nitrogen and oxygen atoms in total. The van der Waals surface area contributed by atoms with Crippen LogP contribution in [0.5, 0.6) is 11.5 Å². The summed E-state index contributed by atoms with van der Waals surface area (Å²) in [6.45, 7) is 1.34. The minimum atomic E-state index is -0.582. The molecule has 396 valence electrons. The summed E-state index contributed by atoms with van der Waals surface area (Å²) in [5.41, 5.74) is 12.2. The maximum atomic E-state index is 13.5. The minimum absolute atomic E-state index is 0.411. The van der Waals surface area contributed by atoms with Crippen molar-refractivity contribution in [3.05, 3.63) is 335 Å². The molecule has 0 fully saturated rings. The number of H-pyrrole nitrogens is 2. The zero-order chi connectivity index (χ0) is 54.9. The highest BCUT2D eigenvalue weighted by molar-refractivity contribution is 5.94. The normalized spacial score (nSPS) is 11.6. The van der Waals surface area contributed by atoms with Gasteiger partial charge in [0.15, 0.2) is 0 Å². The molecule has 0 saturated carbocycles. The van der Waals surface area contributed by atoms with Gasteiger partial charge in [-0.25, -0.2) is 9.59 Å². The average molecular weight is 1060 g/mol. The smallest absolute Gasteiger partial charge is 0.343 e. The second kappa shape index (κ2) is 23.5. The molecule has 0 aliphatic rings. The van der Waals surface area contributed by atoms with Crippen LogP contribution in [0.4, 0.5) is 11.4 Å². The molecular formula is C72H59N5O4. The number of benzene rings is 10. The molecule has 5 N–H and O–H groups in total. The number of fused-ring (bicyclic) bond motifs is 2. The van der Waals surface area contributed by atoms with Crippen molar-refractivity contribution in [1.82, 2.24) is 20.6 Å². The van der Waals surface area contributed by atoms with E-state index < -0.39 is 23.0 Å². The van der Waals surface area contributed by atoms with Crippen LogP contribution in [0.15, 0.2) is 279 Å². The van der Waals surface area contributed by atoms with Gasteiger partial charge in [0.2, 0.25) is 0 Å². The Balaban J connectivity index is 0.666. The number of aromatic nitrogens is 2. The Morgan fingerprint density at radius 2 is 0.654 bits per heavy atom. The summed E-state index contributed by atoms with van der Waals surface area (Å²) in [7, 11) is 0. The van der Waals surface area contributed by atoms with Gasteiger partial charge in [-0.1, -0.05) is 182 Å². The van der Waals surface area contributed by atoms with Gasteiger partial charge in [-0.3, -0.25) is 10.6 Å². The minimum Gasteiger partial charge on any atom is -0.423 e. The summed E-state index contributed by atoms with van der Waals surface area (Å²) in [5.74, 6) is -0.00216. The van der Waals surface area contributed by atoms with Crippen molar-refractivity contribution in [3.8, 4) is 11.5 Å². The second-order valence-corrected chi connectivity index (χ2v) is 20.2. The molecule has 9 heteroatoms. The van der Waals surface area contributed by atoms with E-state index in [4.69, 9.17) is 9.47 Å². The number of esters is 2. The third kappa shape index (κ3) is 10.9. The Bertz CT molecular complexity index is 3580. The van der Waals surface area contributed by atoms with E-state index in [2.05, 4.69) is 172 Å². The van der Waals surface area contributed by atoms with Crippen molar-refractivity contribution >= 4 is 45.1 Å². The number of nitrogens with one attached hydrogen (secondary N) is 5. The second-order valence-electron chi connectivity index (χ2n) is 20.2. The molecule has 12 rings (SSSR count). The third-order valence-corrected chi connectivity index (χ3v) is 15.2. The van der Waals surface area contributed by atoms with Gasteiger partial charge in [0, 0.05) is 58.7 Å². The number of aromatic amines is 2. The van der Waals surface area contributed by atoms with Crippen LogP contribution in [0.3, 0.4) is 0 Å². The van der Waals surface area contributed by atoms with Crippen LogP contribution in [-0.4, -0.2) is 35.0 Å². The van der Waals surface area contributed by atoms with E-state index in [-0.39, 0.29) is 0 Å². The topological polar surface area (TPSA) is 120 Å². The molecule has 12 aromatic rings. The highest BCUT2D eigenvalue weighted by atomic mass is 16.5. The van der Waals surface area contributed by atoms with Crippen LogP contribution in [0.2, 0.25) is 0 Å². The van der Waals surface area contributed by atoms with Crippen molar-refractivity contribution < 1.29 is 19.1 Å². The Morgan fingerprint density at radius 3 is 0.951 bits per heavy atom. The fourth-order valence-electron chi connectivity index (χ4n) is 11.2. The summed E-state index contributed by atoms with van der Waals surface area (Å²) < 4.78 is 11.9. The lowest BCUT2D eigenvalue weighted by Gasteiger charge is -2.37. The largest absolute Gasteiger partial charge is 0.423 e. The fourth-order valence-corrected chi connectivity index (χ4v) is 11.2. The SMILES string of the molecule is O=C(Oc1ccc2[nH]cc(CCNC(c3ccccc3)(c3ccccc3)c3ccccc3)c2c1)c1ccc(Nc2ccc(C(=O)Oc3ccc4[nH]cc(CCNC(c5ccccc5)(c5ccccc5)c5ccccc5)c4c3)cc2)cc1. The monoisotopic (exact) mass is 1060 g/mol. The molecule has 0 aliphatic carbocycles. The predicted octanol–water partition coefficient (Wildman–Crippen LogP) is 15.1. The van der Waals surface area contributed by atoms with Crippen molar-refractivity contribution in [1.29, 1.82) is 0 Å². The van der Waals surface area contributed by atoms with Crippen LogP contribution in [0, 0.1) is 0 Å². The maximum absolute atomic E-state index is 13.5. The van der Waals surface area contributed by atoms with Gasteiger partial charge in [-0.05, 0) is 142 Å². The van der Waals surface area contributed by atoms with Crippen molar-refractivity contribution in [2.45, 2.75) is 23.9 Å². The molecule has 0 amide bonds. The fraction of sp³-hybridized carbons (Fsp3) is 0.0833. The van der Waals surface area contributed by atoms with E-state index >= 15 is 0 Å². The van der Waals surface area contributed by atoms with Gasteiger partial charge in [-0.2, -0.15) is 0 Å². The van der Waals surface area contributed by atoms with Crippen LogP contribution in [0.25, 0.3) is 21.8 Å². The highest BCUT2D eigenvalue weighted by Gasteiger charge is 2.37. The lowest BCUT2D eigenvalue weighted by atomic mass is 9.77. The zero-order valence-corrected chi connectivity index (χ0v) is 44.5.